The molecule has 0 saturated carbocycles. The highest BCUT2D eigenvalue weighted by Gasteiger charge is 2.44. The Morgan fingerprint density at radius 2 is 1.89 bits per heavy atom. The molecule has 1 saturated heterocycles. The van der Waals surface area contributed by atoms with Crippen LogP contribution in [-0.2, 0) is 4.74 Å². The van der Waals surface area contributed by atoms with Crippen LogP contribution < -0.4 is 8.67 Å². The first-order chi connectivity index (χ1) is 9.04. The molecule has 3 N–H and O–H groups in total. The van der Waals surface area contributed by atoms with Crippen LogP contribution in [0, 0.1) is 0 Å². The van der Waals surface area contributed by atoms with Gasteiger partial charge in [-0.1, -0.05) is 12.1 Å². The summed E-state index contributed by atoms with van der Waals surface area (Å²) in [5, 5.41) is 28.3. The van der Waals surface area contributed by atoms with Crippen LogP contribution in [-0.4, -0.2) is 46.5 Å². The highest BCUT2D eigenvalue weighted by molar-refractivity contribution is 6.49. The second-order valence-electron chi connectivity index (χ2n) is 4.03. The van der Waals surface area contributed by atoms with Crippen LogP contribution in [0.5, 0.6) is 5.75 Å². The van der Waals surface area contributed by atoms with Crippen molar-refractivity contribution in [3.63, 3.8) is 0 Å². The monoisotopic (exact) mass is 309 g/mol. The Bertz CT molecular complexity index is 433. The van der Waals surface area contributed by atoms with Crippen molar-refractivity contribution in [2.24, 2.45) is 0 Å². The van der Waals surface area contributed by atoms with E-state index in [4.69, 9.17) is 38.1 Å². The molecule has 0 aromatic heterocycles. The van der Waals surface area contributed by atoms with Gasteiger partial charge in [0.25, 0.3) is 0 Å². The summed E-state index contributed by atoms with van der Waals surface area (Å²) < 4.78 is 11.4. The summed E-state index contributed by atoms with van der Waals surface area (Å²) >= 11 is 11.3. The van der Waals surface area contributed by atoms with E-state index in [0.29, 0.717) is 5.69 Å². The zero-order valence-corrected chi connectivity index (χ0v) is 11.2. The number of rotatable bonds is 4. The lowest BCUT2D eigenvalue weighted by Gasteiger charge is -2.19. The molecule has 6 nitrogen and oxygen atoms in total. The highest BCUT2D eigenvalue weighted by atomic mass is 35.5. The normalized spacial score (nSPS) is 30.4. The van der Waals surface area contributed by atoms with E-state index < -0.39 is 31.2 Å². The molecule has 106 valence electrons. The zero-order chi connectivity index (χ0) is 14.0. The van der Waals surface area contributed by atoms with Gasteiger partial charge < -0.3 is 24.8 Å². The molecule has 1 aromatic carbocycles. The first-order valence-electron chi connectivity index (χ1n) is 5.54. The average Bonchev–Trinajstić information content (AvgIpc) is 2.67. The maximum absolute atomic E-state index is 9.76. The fourth-order valence-corrected chi connectivity index (χ4v) is 2.06. The third-order valence-corrected chi connectivity index (χ3v) is 3.15. The fourth-order valence-electron chi connectivity index (χ4n) is 1.78. The van der Waals surface area contributed by atoms with Gasteiger partial charge in [-0.2, -0.15) is 3.94 Å². The van der Waals surface area contributed by atoms with Crippen molar-refractivity contribution in [1.29, 1.82) is 0 Å². The summed E-state index contributed by atoms with van der Waals surface area (Å²) in [5.74, 6) is 0.280. The number of hydrogen-bond acceptors (Lipinski definition) is 6. The molecule has 1 heterocycles. The molecule has 1 aliphatic rings. The number of hydrogen-bond donors (Lipinski definition) is 3. The van der Waals surface area contributed by atoms with Gasteiger partial charge >= 0.3 is 0 Å². The van der Waals surface area contributed by atoms with Gasteiger partial charge in [0.1, 0.15) is 29.7 Å². The van der Waals surface area contributed by atoms with Gasteiger partial charge in [-0.15, -0.1) is 0 Å². The number of halogens is 2. The van der Waals surface area contributed by atoms with Gasteiger partial charge in [0.2, 0.25) is 6.29 Å². The lowest BCUT2D eigenvalue weighted by atomic mass is 10.1. The minimum atomic E-state index is -1.27. The number of aliphatic hydroxyl groups is 3. The molecular formula is C11H13Cl2NO5. The van der Waals surface area contributed by atoms with Crippen molar-refractivity contribution in [2.75, 3.05) is 10.5 Å². The number of aliphatic hydroxyl groups excluding tert-OH is 3. The van der Waals surface area contributed by atoms with Gasteiger partial charge in [0.05, 0.1) is 6.61 Å². The second kappa shape index (κ2) is 6.13. The van der Waals surface area contributed by atoms with Crippen LogP contribution in [0.2, 0.25) is 0 Å². The Hall–Kier alpha value is -0.760. The predicted molar refractivity (Wildman–Crippen MR) is 69.0 cm³/mol. The SMILES string of the molecule is OC[C@H]1OC(Oc2ccccc2N(Cl)Cl)[C@H](O)[C@H]1O. The van der Waals surface area contributed by atoms with E-state index in [1.165, 1.54) is 0 Å². The predicted octanol–water partition coefficient (Wildman–Crippen LogP) is 0.618. The van der Waals surface area contributed by atoms with E-state index in [2.05, 4.69) is 0 Å². The summed E-state index contributed by atoms with van der Waals surface area (Å²) in [5.41, 5.74) is 0.364. The summed E-state index contributed by atoms with van der Waals surface area (Å²) in [6.07, 6.45) is -4.49. The van der Waals surface area contributed by atoms with Crippen molar-refractivity contribution in [2.45, 2.75) is 24.6 Å². The van der Waals surface area contributed by atoms with Gasteiger partial charge in [0.15, 0.2) is 0 Å². The molecule has 1 aromatic rings. The summed E-state index contributed by atoms with van der Waals surface area (Å²) in [4.78, 5) is 0. The molecule has 0 bridgehead atoms. The van der Waals surface area contributed by atoms with E-state index in [1.54, 1.807) is 24.3 Å². The molecule has 19 heavy (non-hydrogen) atoms. The molecule has 2 rings (SSSR count). The maximum Gasteiger partial charge on any atom is 0.229 e. The number of benzene rings is 1. The van der Waals surface area contributed by atoms with Crippen LogP contribution in [0.25, 0.3) is 0 Å². The van der Waals surface area contributed by atoms with Crippen molar-refractivity contribution >= 4 is 29.2 Å². The van der Waals surface area contributed by atoms with Gasteiger partial charge in [-0.3, -0.25) is 0 Å². The molecule has 0 spiro atoms. The lowest BCUT2D eigenvalue weighted by molar-refractivity contribution is -0.116. The van der Waals surface area contributed by atoms with Gasteiger partial charge in [0, 0.05) is 23.6 Å². The Morgan fingerprint density at radius 3 is 2.47 bits per heavy atom. The summed E-state index contributed by atoms with van der Waals surface area (Å²) in [6.45, 7) is -0.420. The largest absolute Gasteiger partial charge is 0.460 e. The van der Waals surface area contributed by atoms with Crippen LogP contribution >= 0.6 is 23.6 Å². The molecule has 1 fully saturated rings. The van der Waals surface area contributed by atoms with Crippen LogP contribution in [0.4, 0.5) is 5.69 Å². The van der Waals surface area contributed by atoms with E-state index in [1.807, 2.05) is 0 Å². The Labute approximate surface area is 119 Å². The zero-order valence-electron chi connectivity index (χ0n) is 9.69. The van der Waals surface area contributed by atoms with Crippen LogP contribution in [0.15, 0.2) is 24.3 Å². The molecular weight excluding hydrogens is 297 g/mol. The lowest BCUT2D eigenvalue weighted by Crippen LogP contribution is -2.35. The number of nitrogens with zero attached hydrogens (tertiary/aromatic N) is 1. The molecule has 0 aliphatic carbocycles. The van der Waals surface area contributed by atoms with Crippen molar-refractivity contribution < 1.29 is 24.8 Å². The number of anilines is 1. The topological polar surface area (TPSA) is 82.4 Å². The Kier molecular flexibility index (Phi) is 4.72. The quantitative estimate of drug-likeness (QED) is 0.707. The van der Waals surface area contributed by atoms with E-state index >= 15 is 0 Å². The molecule has 1 aliphatic heterocycles. The Morgan fingerprint density at radius 1 is 1.21 bits per heavy atom. The van der Waals surface area contributed by atoms with Gasteiger partial charge in [-0.05, 0) is 12.1 Å². The first-order valence-corrected chi connectivity index (χ1v) is 6.22. The number of para-hydroxylation sites is 2. The molecule has 1 unspecified atom stereocenters. The second-order valence-corrected chi connectivity index (χ2v) is 4.87. The van der Waals surface area contributed by atoms with E-state index in [9.17, 15) is 10.2 Å². The third-order valence-electron chi connectivity index (χ3n) is 2.79. The smallest absolute Gasteiger partial charge is 0.229 e. The van der Waals surface area contributed by atoms with E-state index in [-0.39, 0.29) is 5.75 Å². The summed E-state index contributed by atoms with van der Waals surface area (Å²) in [6, 6.07) is 6.59. The first kappa shape index (κ1) is 14.6. The fraction of sp³-hybridized carbons (Fsp3) is 0.455. The highest BCUT2D eigenvalue weighted by Crippen LogP contribution is 2.33. The molecule has 8 heteroatoms. The number of ether oxygens (including phenoxy) is 2. The molecule has 0 amide bonds. The van der Waals surface area contributed by atoms with Crippen molar-refractivity contribution in [1.82, 2.24) is 0 Å². The maximum atomic E-state index is 9.76. The van der Waals surface area contributed by atoms with Crippen molar-refractivity contribution in [3.05, 3.63) is 24.3 Å². The average molecular weight is 310 g/mol. The summed E-state index contributed by atoms with van der Waals surface area (Å²) in [7, 11) is 0. The minimum absolute atomic E-state index is 0.280. The van der Waals surface area contributed by atoms with Gasteiger partial charge in [-0.25, -0.2) is 0 Å². The van der Waals surface area contributed by atoms with Crippen LogP contribution in [0.1, 0.15) is 0 Å². The van der Waals surface area contributed by atoms with Crippen molar-refractivity contribution in [3.8, 4) is 5.75 Å². The third kappa shape index (κ3) is 3.05. The minimum Gasteiger partial charge on any atom is -0.460 e. The standard InChI is InChI=1S/C11H13Cl2NO5/c12-14(13)6-3-1-2-4-7(6)18-11-10(17)9(16)8(5-15)19-11/h1-4,8-11,15-17H,5H2/t8-,9+,10-,11?/m1/s1. The van der Waals surface area contributed by atoms with E-state index in [0.717, 1.165) is 3.94 Å². The molecule has 4 atom stereocenters. The molecule has 0 radical (unpaired) electrons. The Balaban J connectivity index is 2.14. The van der Waals surface area contributed by atoms with Crippen LogP contribution in [0.3, 0.4) is 0 Å².